The lowest BCUT2D eigenvalue weighted by Gasteiger charge is -2.10. The molecule has 2 rings (SSSR count). The molecule has 0 fully saturated rings. The van der Waals surface area contributed by atoms with Gasteiger partial charge in [-0.05, 0) is 41.7 Å². The molecule has 0 atom stereocenters. The Bertz CT molecular complexity index is 630. The van der Waals surface area contributed by atoms with Crippen molar-refractivity contribution in [1.29, 1.82) is 0 Å². The molecule has 0 aliphatic carbocycles. The van der Waals surface area contributed by atoms with Crippen LogP contribution in [-0.2, 0) is 6.54 Å². The number of nitrogen functional groups attached to an aromatic ring is 1. The molecule has 21 heavy (non-hydrogen) atoms. The van der Waals surface area contributed by atoms with Crippen molar-refractivity contribution in [3.8, 4) is 0 Å². The highest BCUT2D eigenvalue weighted by molar-refractivity contribution is 5.99. The van der Waals surface area contributed by atoms with E-state index in [9.17, 15) is 4.79 Å². The van der Waals surface area contributed by atoms with Gasteiger partial charge >= 0.3 is 0 Å². The zero-order valence-electron chi connectivity index (χ0n) is 12.8. The Morgan fingerprint density at radius 2 is 1.81 bits per heavy atom. The fourth-order valence-corrected chi connectivity index (χ4v) is 2.19. The molecule has 0 aromatic heterocycles. The lowest BCUT2D eigenvalue weighted by Crippen LogP contribution is -2.23. The van der Waals surface area contributed by atoms with Gasteiger partial charge in [-0.25, -0.2) is 0 Å². The fourth-order valence-electron chi connectivity index (χ4n) is 2.19. The minimum Gasteiger partial charge on any atom is -0.398 e. The number of aryl methyl sites for hydroxylation is 1. The van der Waals surface area contributed by atoms with Gasteiger partial charge in [0, 0.05) is 12.2 Å². The molecule has 0 saturated carbocycles. The molecular weight excluding hydrogens is 260 g/mol. The first-order chi connectivity index (χ1) is 9.97. The van der Waals surface area contributed by atoms with Gasteiger partial charge in [0.1, 0.15) is 0 Å². The van der Waals surface area contributed by atoms with Crippen LogP contribution < -0.4 is 11.1 Å². The second-order valence-corrected chi connectivity index (χ2v) is 5.67. The fraction of sp³-hybridized carbons (Fsp3) is 0.278. The quantitative estimate of drug-likeness (QED) is 0.841. The Morgan fingerprint density at radius 1 is 1.14 bits per heavy atom. The van der Waals surface area contributed by atoms with E-state index in [1.165, 1.54) is 5.56 Å². The third-order valence-corrected chi connectivity index (χ3v) is 3.55. The van der Waals surface area contributed by atoms with Gasteiger partial charge in [-0.1, -0.05) is 44.2 Å². The Balaban J connectivity index is 2.00. The van der Waals surface area contributed by atoms with Crippen molar-refractivity contribution in [2.45, 2.75) is 33.2 Å². The normalized spacial score (nSPS) is 10.7. The number of hydrogen-bond donors (Lipinski definition) is 2. The summed E-state index contributed by atoms with van der Waals surface area (Å²) in [5, 5.41) is 2.91. The van der Waals surface area contributed by atoms with Crippen LogP contribution in [0.5, 0.6) is 0 Å². The molecule has 0 bridgehead atoms. The Morgan fingerprint density at radius 3 is 2.38 bits per heavy atom. The van der Waals surface area contributed by atoms with E-state index in [0.717, 1.165) is 11.1 Å². The Labute approximate surface area is 126 Å². The van der Waals surface area contributed by atoms with Crippen molar-refractivity contribution in [3.63, 3.8) is 0 Å². The van der Waals surface area contributed by atoms with Gasteiger partial charge in [0.05, 0.1) is 5.56 Å². The smallest absolute Gasteiger partial charge is 0.253 e. The minimum atomic E-state index is -0.138. The van der Waals surface area contributed by atoms with Crippen LogP contribution in [0.4, 0.5) is 5.69 Å². The first-order valence-corrected chi connectivity index (χ1v) is 7.20. The van der Waals surface area contributed by atoms with E-state index < -0.39 is 0 Å². The van der Waals surface area contributed by atoms with Gasteiger partial charge in [-0.15, -0.1) is 0 Å². The molecule has 0 spiro atoms. The Hall–Kier alpha value is -2.29. The van der Waals surface area contributed by atoms with Crippen LogP contribution in [0.25, 0.3) is 0 Å². The molecule has 0 aliphatic rings. The highest BCUT2D eigenvalue weighted by Gasteiger charge is 2.09. The molecule has 1 amide bonds. The maximum atomic E-state index is 12.1. The number of carbonyl (C=O) groups excluding carboxylic acids is 1. The maximum Gasteiger partial charge on any atom is 0.253 e. The van der Waals surface area contributed by atoms with E-state index in [4.69, 9.17) is 5.73 Å². The van der Waals surface area contributed by atoms with E-state index >= 15 is 0 Å². The highest BCUT2D eigenvalue weighted by Crippen LogP contribution is 2.16. The summed E-state index contributed by atoms with van der Waals surface area (Å²) in [4.78, 5) is 12.1. The summed E-state index contributed by atoms with van der Waals surface area (Å²) in [6.45, 7) is 6.78. The van der Waals surface area contributed by atoms with E-state index in [0.29, 0.717) is 23.7 Å². The standard InChI is InChI=1S/C18H22N2O/c1-12(2)15-7-5-14(6-8-15)11-20-18(21)16-9-4-13(3)10-17(16)19/h4-10,12H,11,19H2,1-3H3,(H,20,21). The van der Waals surface area contributed by atoms with Gasteiger partial charge in [-0.2, -0.15) is 0 Å². The number of anilines is 1. The van der Waals surface area contributed by atoms with E-state index in [1.807, 2.05) is 31.2 Å². The SMILES string of the molecule is Cc1ccc(C(=O)NCc2ccc(C(C)C)cc2)c(N)c1. The van der Waals surface area contributed by atoms with Crippen LogP contribution in [0, 0.1) is 6.92 Å². The molecule has 3 heteroatoms. The molecule has 0 heterocycles. The van der Waals surface area contributed by atoms with Gasteiger partial charge in [-0.3, -0.25) is 4.79 Å². The first kappa shape index (κ1) is 15.1. The number of benzene rings is 2. The molecule has 110 valence electrons. The average molecular weight is 282 g/mol. The van der Waals surface area contributed by atoms with Crippen molar-refractivity contribution < 1.29 is 4.79 Å². The average Bonchev–Trinajstić information content (AvgIpc) is 2.45. The highest BCUT2D eigenvalue weighted by atomic mass is 16.1. The topological polar surface area (TPSA) is 55.1 Å². The number of amides is 1. The number of hydrogen-bond acceptors (Lipinski definition) is 2. The van der Waals surface area contributed by atoms with Crippen molar-refractivity contribution in [1.82, 2.24) is 5.32 Å². The molecule has 0 saturated heterocycles. The third-order valence-electron chi connectivity index (χ3n) is 3.55. The Kier molecular flexibility index (Phi) is 4.63. The predicted molar refractivity (Wildman–Crippen MR) is 87.3 cm³/mol. The number of rotatable bonds is 4. The summed E-state index contributed by atoms with van der Waals surface area (Å²) < 4.78 is 0. The maximum absolute atomic E-state index is 12.1. The molecular formula is C18H22N2O. The van der Waals surface area contributed by atoms with Gasteiger partial charge in [0.15, 0.2) is 0 Å². The van der Waals surface area contributed by atoms with Gasteiger partial charge < -0.3 is 11.1 Å². The van der Waals surface area contributed by atoms with E-state index in [1.54, 1.807) is 6.07 Å². The first-order valence-electron chi connectivity index (χ1n) is 7.20. The van der Waals surface area contributed by atoms with E-state index in [-0.39, 0.29) is 5.91 Å². The molecule has 0 aliphatic heterocycles. The second-order valence-electron chi connectivity index (χ2n) is 5.67. The predicted octanol–water partition coefficient (Wildman–Crippen LogP) is 3.63. The lowest BCUT2D eigenvalue weighted by atomic mass is 10.0. The second kappa shape index (κ2) is 6.44. The van der Waals surface area contributed by atoms with E-state index in [2.05, 4.69) is 31.3 Å². The van der Waals surface area contributed by atoms with Crippen LogP contribution in [-0.4, -0.2) is 5.91 Å². The van der Waals surface area contributed by atoms with Gasteiger partial charge in [0.2, 0.25) is 0 Å². The minimum absolute atomic E-state index is 0.138. The van der Waals surface area contributed by atoms with Crippen molar-refractivity contribution in [3.05, 3.63) is 64.7 Å². The van der Waals surface area contributed by atoms with Crippen LogP contribution in [0.1, 0.15) is 46.8 Å². The molecule has 3 N–H and O–H groups in total. The van der Waals surface area contributed by atoms with Crippen LogP contribution in [0.3, 0.4) is 0 Å². The molecule has 3 nitrogen and oxygen atoms in total. The summed E-state index contributed by atoms with van der Waals surface area (Å²) in [6, 6.07) is 13.8. The molecule has 0 radical (unpaired) electrons. The molecule has 0 unspecified atom stereocenters. The molecule has 2 aromatic carbocycles. The zero-order chi connectivity index (χ0) is 15.4. The number of nitrogens with one attached hydrogen (secondary N) is 1. The van der Waals surface area contributed by atoms with Gasteiger partial charge in [0.25, 0.3) is 5.91 Å². The zero-order valence-corrected chi connectivity index (χ0v) is 12.8. The van der Waals surface area contributed by atoms with Crippen LogP contribution in [0.15, 0.2) is 42.5 Å². The summed E-state index contributed by atoms with van der Waals surface area (Å²) in [5.41, 5.74) is 10.4. The van der Waals surface area contributed by atoms with Crippen LogP contribution in [0.2, 0.25) is 0 Å². The largest absolute Gasteiger partial charge is 0.398 e. The van der Waals surface area contributed by atoms with Crippen molar-refractivity contribution in [2.24, 2.45) is 0 Å². The summed E-state index contributed by atoms with van der Waals surface area (Å²) in [7, 11) is 0. The lowest BCUT2D eigenvalue weighted by molar-refractivity contribution is 0.0952. The van der Waals surface area contributed by atoms with Crippen LogP contribution >= 0.6 is 0 Å². The molecule has 2 aromatic rings. The summed E-state index contributed by atoms with van der Waals surface area (Å²) in [6.07, 6.45) is 0. The number of nitrogens with two attached hydrogens (primary N) is 1. The third kappa shape index (κ3) is 3.85. The van der Waals surface area contributed by atoms with Crippen molar-refractivity contribution >= 4 is 11.6 Å². The number of carbonyl (C=O) groups is 1. The monoisotopic (exact) mass is 282 g/mol. The summed E-state index contributed by atoms with van der Waals surface area (Å²) in [5.74, 6) is 0.376. The van der Waals surface area contributed by atoms with Crippen molar-refractivity contribution in [2.75, 3.05) is 5.73 Å². The summed E-state index contributed by atoms with van der Waals surface area (Å²) >= 11 is 0.